The summed E-state index contributed by atoms with van der Waals surface area (Å²) >= 11 is 3.03. The van der Waals surface area contributed by atoms with Crippen molar-refractivity contribution in [3.8, 4) is 22.9 Å². The maximum Gasteiger partial charge on any atom is 0.411 e. The Bertz CT molecular complexity index is 1470. The zero-order valence-corrected chi connectivity index (χ0v) is 19.7. The number of hydrogen-bond donors (Lipinski definition) is 0. The van der Waals surface area contributed by atoms with Crippen molar-refractivity contribution in [3.63, 3.8) is 0 Å². The fourth-order valence-corrected chi connectivity index (χ4v) is 5.73. The molecule has 0 unspecified atom stereocenters. The van der Waals surface area contributed by atoms with E-state index in [1.165, 1.54) is 29.6 Å². The van der Waals surface area contributed by atoms with E-state index in [-0.39, 0.29) is 17.5 Å². The molecule has 164 valence electrons. The Labute approximate surface area is 199 Å². The second kappa shape index (κ2) is 8.69. The Morgan fingerprint density at radius 2 is 1.94 bits per heavy atom. The van der Waals surface area contributed by atoms with Gasteiger partial charge in [0.25, 0.3) is 5.56 Å². The lowest BCUT2D eigenvalue weighted by Gasteiger charge is -2.26. The van der Waals surface area contributed by atoms with Crippen LogP contribution in [0.4, 0.5) is 4.39 Å². The van der Waals surface area contributed by atoms with Crippen molar-refractivity contribution in [2.24, 2.45) is 7.05 Å². The molecule has 2 aromatic heterocycles. The summed E-state index contributed by atoms with van der Waals surface area (Å²) in [6, 6.07) is 16.1. The van der Waals surface area contributed by atoms with E-state index < -0.39 is 0 Å². The van der Waals surface area contributed by atoms with Gasteiger partial charge in [0, 0.05) is 36.5 Å². The van der Waals surface area contributed by atoms with E-state index in [4.69, 9.17) is 4.18 Å². The molecule has 0 spiro atoms. The zero-order valence-electron chi connectivity index (χ0n) is 18.0. The summed E-state index contributed by atoms with van der Waals surface area (Å²) in [7, 11) is 1.73. The topological polar surface area (TPSA) is 60.0 Å². The van der Waals surface area contributed by atoms with Crippen LogP contribution in [-0.2, 0) is 12.8 Å². The molecule has 0 radical (unpaired) electrons. The normalized spacial score (nSPS) is 12.0. The number of nitriles is 1. The van der Waals surface area contributed by atoms with E-state index in [9.17, 15) is 14.4 Å². The third-order valence-electron chi connectivity index (χ3n) is 5.71. The zero-order chi connectivity index (χ0) is 23.1. The van der Waals surface area contributed by atoms with Gasteiger partial charge in [0.05, 0.1) is 10.9 Å². The average Bonchev–Trinajstić information content (AvgIpc) is 3.22. The highest BCUT2D eigenvalue weighted by atomic mass is 32.2. The number of aryl methyl sites for hydroxylation is 1. The van der Waals surface area contributed by atoms with Crippen molar-refractivity contribution >= 4 is 46.1 Å². The first-order chi connectivity index (χ1) is 16.0. The predicted octanol–water partition coefficient (Wildman–Crippen LogP) is 4.55. The second-order valence-electron chi connectivity index (χ2n) is 7.78. The fourth-order valence-electron chi connectivity index (χ4n) is 4.18. The van der Waals surface area contributed by atoms with Crippen LogP contribution in [0, 0.1) is 17.1 Å². The van der Waals surface area contributed by atoms with Crippen LogP contribution >= 0.6 is 23.7 Å². The number of rotatable bonds is 6. The van der Waals surface area contributed by atoms with Gasteiger partial charge in [0.1, 0.15) is 23.3 Å². The van der Waals surface area contributed by atoms with Gasteiger partial charge in [-0.25, -0.2) is 4.39 Å². The van der Waals surface area contributed by atoms with Crippen molar-refractivity contribution in [1.29, 1.82) is 5.26 Å². The average molecular weight is 475 g/mol. The highest BCUT2D eigenvalue weighted by Crippen LogP contribution is 2.36. The molecule has 0 aliphatic carbocycles. The largest absolute Gasteiger partial charge is 0.435 e. The Hall–Kier alpha value is -3.09. The molecule has 0 atom stereocenters. The Kier molecular flexibility index (Phi) is 5.73. The number of nitrogens with zero attached hydrogens (tertiary/aromatic N) is 3. The van der Waals surface area contributed by atoms with Crippen molar-refractivity contribution in [2.75, 3.05) is 5.75 Å². The first-order valence-corrected chi connectivity index (χ1v) is 12.4. The predicted molar refractivity (Wildman–Crippen MR) is 135 cm³/mol. The minimum absolute atomic E-state index is 0.145. The summed E-state index contributed by atoms with van der Waals surface area (Å²) < 4.78 is 22.7. The summed E-state index contributed by atoms with van der Waals surface area (Å²) in [5.41, 5.74) is 5.13. The van der Waals surface area contributed by atoms with Crippen LogP contribution < -0.4 is 15.2 Å². The highest BCUT2D eigenvalue weighted by Gasteiger charge is 2.36. The quantitative estimate of drug-likeness (QED) is 0.303. The van der Waals surface area contributed by atoms with Gasteiger partial charge >= 0.3 is 6.13 Å². The molecule has 4 aromatic rings. The monoisotopic (exact) mass is 475 g/mol. The van der Waals surface area contributed by atoms with E-state index in [2.05, 4.69) is 31.2 Å². The third kappa shape index (κ3) is 3.73. The van der Waals surface area contributed by atoms with Crippen molar-refractivity contribution < 1.29 is 8.57 Å². The maximum absolute atomic E-state index is 13.3. The standard InChI is InChI=1S/C24H19BFN3O2S2/c1-3-32-14-15-4-9-22-19(10-15)21-13-28(2)24(30)20-11-17(12-27)29(23(20)21)25(22)33-31-18-7-5-16(26)6-8-18/h4-11,13H,3,14H2,1-2H3. The SMILES string of the molecule is CCSCc1ccc2c(c1)-c1cn(C)c(=O)c3cc(C#N)n(c13)B2SOc1ccc(F)cc1. The van der Waals surface area contributed by atoms with Crippen LogP contribution in [0.5, 0.6) is 5.75 Å². The van der Waals surface area contributed by atoms with Gasteiger partial charge < -0.3 is 13.2 Å². The number of pyridine rings is 1. The summed E-state index contributed by atoms with van der Waals surface area (Å²) in [4.78, 5) is 12.9. The number of fused-ring (bicyclic) bond motifs is 2. The Balaban J connectivity index is 1.70. The van der Waals surface area contributed by atoms with Gasteiger partial charge in [0.2, 0.25) is 0 Å². The number of benzene rings is 2. The van der Waals surface area contributed by atoms with Gasteiger partial charge in [-0.1, -0.05) is 25.1 Å². The summed E-state index contributed by atoms with van der Waals surface area (Å²) in [6.45, 7) is 2.13. The van der Waals surface area contributed by atoms with Gasteiger partial charge in [-0.15, -0.1) is 0 Å². The molecule has 0 amide bonds. The molecule has 0 saturated heterocycles. The van der Waals surface area contributed by atoms with Crippen LogP contribution in [-0.4, -0.2) is 20.9 Å². The Morgan fingerprint density at radius 1 is 1.15 bits per heavy atom. The molecular weight excluding hydrogens is 456 g/mol. The van der Waals surface area contributed by atoms with Crippen molar-refractivity contribution in [2.45, 2.75) is 12.7 Å². The van der Waals surface area contributed by atoms with Gasteiger partial charge in [-0.2, -0.15) is 17.0 Å². The van der Waals surface area contributed by atoms with E-state index in [1.54, 1.807) is 29.8 Å². The van der Waals surface area contributed by atoms with Crippen LogP contribution in [0.1, 0.15) is 18.2 Å². The maximum atomic E-state index is 13.3. The lowest BCUT2D eigenvalue weighted by Crippen LogP contribution is -2.41. The van der Waals surface area contributed by atoms with E-state index in [0.717, 1.165) is 33.6 Å². The lowest BCUT2D eigenvalue weighted by molar-refractivity contribution is 0.615. The summed E-state index contributed by atoms with van der Waals surface area (Å²) in [5, 5.41) is 10.4. The third-order valence-corrected chi connectivity index (χ3v) is 7.59. The Morgan fingerprint density at radius 3 is 2.67 bits per heavy atom. The molecule has 3 heterocycles. The van der Waals surface area contributed by atoms with Crippen molar-refractivity contribution in [1.82, 2.24) is 9.05 Å². The molecule has 0 fully saturated rings. The molecule has 0 bridgehead atoms. The molecule has 1 aliphatic rings. The summed E-state index contributed by atoms with van der Waals surface area (Å²) in [6.07, 6.45) is 1.46. The van der Waals surface area contributed by atoms with E-state index in [1.807, 2.05) is 22.4 Å². The number of hydrogen-bond acceptors (Lipinski definition) is 5. The lowest BCUT2D eigenvalue weighted by atomic mass is 9.72. The van der Waals surface area contributed by atoms with E-state index >= 15 is 0 Å². The first-order valence-electron chi connectivity index (χ1n) is 10.5. The van der Waals surface area contributed by atoms with Gasteiger partial charge in [-0.3, -0.25) is 4.79 Å². The molecule has 9 heteroatoms. The number of aromatic nitrogens is 2. The van der Waals surface area contributed by atoms with Crippen LogP contribution in [0.2, 0.25) is 0 Å². The molecule has 33 heavy (non-hydrogen) atoms. The minimum atomic E-state index is -0.385. The van der Waals surface area contributed by atoms with E-state index in [0.29, 0.717) is 16.8 Å². The van der Waals surface area contributed by atoms with Crippen LogP contribution in [0.3, 0.4) is 0 Å². The first kappa shape index (κ1) is 21.7. The second-order valence-corrected chi connectivity index (χ2v) is 9.86. The van der Waals surface area contributed by atoms with Gasteiger partial charge in [0.15, 0.2) is 0 Å². The molecule has 5 rings (SSSR count). The minimum Gasteiger partial charge on any atom is -0.435 e. The molecule has 0 saturated carbocycles. The number of halogens is 1. The fraction of sp³-hybridized carbons (Fsp3) is 0.167. The summed E-state index contributed by atoms with van der Waals surface area (Å²) in [5.74, 6) is 2.10. The van der Waals surface area contributed by atoms with Crippen molar-refractivity contribution in [3.05, 3.63) is 82.2 Å². The smallest absolute Gasteiger partial charge is 0.411 e. The molecule has 5 nitrogen and oxygen atoms in total. The van der Waals surface area contributed by atoms with Gasteiger partial charge in [-0.05, 0) is 52.7 Å². The van der Waals surface area contributed by atoms with Crippen LogP contribution in [0.25, 0.3) is 22.0 Å². The molecule has 0 N–H and O–H groups in total. The number of thioether (sulfide) groups is 1. The molecule has 2 aromatic carbocycles. The van der Waals surface area contributed by atoms with Crippen LogP contribution in [0.15, 0.2) is 59.5 Å². The highest BCUT2D eigenvalue weighted by molar-refractivity contribution is 8.23. The molecule has 1 aliphatic heterocycles. The molecular formula is C24H19BFN3O2S2.